The van der Waals surface area contributed by atoms with Gasteiger partial charge in [-0.05, 0) is 37.1 Å². The van der Waals surface area contributed by atoms with Gasteiger partial charge in [-0.3, -0.25) is 4.79 Å². The van der Waals surface area contributed by atoms with Crippen molar-refractivity contribution in [3.63, 3.8) is 0 Å². The number of para-hydroxylation sites is 1. The van der Waals surface area contributed by atoms with Crippen molar-refractivity contribution in [3.8, 4) is 5.75 Å². The first-order valence-corrected chi connectivity index (χ1v) is 9.51. The maximum Gasteiger partial charge on any atom is 0.328 e. The lowest BCUT2D eigenvalue weighted by Gasteiger charge is -2.13. The molecule has 0 radical (unpaired) electrons. The molecule has 136 valence electrons. The van der Waals surface area contributed by atoms with Crippen LogP contribution in [0.1, 0.15) is 28.8 Å². The number of sulfonamides is 1. The van der Waals surface area contributed by atoms with Crippen LogP contribution < -0.4 is 14.8 Å². The van der Waals surface area contributed by atoms with Gasteiger partial charge < -0.3 is 10.1 Å². The number of ketones is 1. The van der Waals surface area contributed by atoms with Gasteiger partial charge >= 0.3 is 6.03 Å². The molecule has 0 saturated heterocycles. The van der Waals surface area contributed by atoms with E-state index < -0.39 is 21.8 Å². The third-order valence-electron chi connectivity index (χ3n) is 3.91. The van der Waals surface area contributed by atoms with Crippen molar-refractivity contribution < 1.29 is 22.7 Å². The van der Waals surface area contributed by atoms with Crippen LogP contribution in [0.5, 0.6) is 5.75 Å². The largest absolute Gasteiger partial charge is 0.496 e. The molecule has 1 aliphatic carbocycles. The Bertz CT molecular complexity index is 952. The zero-order chi connectivity index (χ0) is 18.7. The molecule has 0 unspecified atom stereocenters. The number of carbonyl (C=O) groups excluding carboxylic acids is 2. The summed E-state index contributed by atoms with van der Waals surface area (Å²) >= 11 is 0. The summed E-state index contributed by atoms with van der Waals surface area (Å²) < 4.78 is 32.3. The lowest BCUT2D eigenvalue weighted by Crippen LogP contribution is -2.40. The van der Waals surface area contributed by atoms with Gasteiger partial charge in [0.1, 0.15) is 5.75 Å². The van der Waals surface area contributed by atoms with Crippen molar-refractivity contribution >= 4 is 21.8 Å². The average molecular weight is 374 g/mol. The lowest BCUT2D eigenvalue weighted by atomic mass is 10.0. The minimum Gasteiger partial charge on any atom is -0.496 e. The Kier molecular flexibility index (Phi) is 4.94. The first-order valence-electron chi connectivity index (χ1n) is 8.02. The number of nitrogens with one attached hydrogen (secondary N) is 2. The number of methoxy groups -OCH3 is 1. The van der Waals surface area contributed by atoms with Crippen molar-refractivity contribution in [1.82, 2.24) is 10.0 Å². The number of hydrogen-bond acceptors (Lipinski definition) is 5. The molecule has 2 aromatic rings. The van der Waals surface area contributed by atoms with Crippen LogP contribution in [0.2, 0.25) is 0 Å². The third-order valence-corrected chi connectivity index (χ3v) is 5.30. The number of carbonyl (C=O) groups is 2. The molecule has 2 N–H and O–H groups in total. The molecule has 1 saturated carbocycles. The summed E-state index contributed by atoms with van der Waals surface area (Å²) in [5.41, 5.74) is 0.198. The smallest absolute Gasteiger partial charge is 0.328 e. The number of amides is 2. The summed E-state index contributed by atoms with van der Waals surface area (Å²) in [6, 6.07) is 11.5. The van der Waals surface area contributed by atoms with Gasteiger partial charge in [0.2, 0.25) is 0 Å². The first-order chi connectivity index (χ1) is 12.4. The van der Waals surface area contributed by atoms with Gasteiger partial charge in [-0.2, -0.15) is 0 Å². The number of ether oxygens (including phenoxy) is 1. The molecule has 0 spiro atoms. The van der Waals surface area contributed by atoms with E-state index in [4.69, 9.17) is 4.74 Å². The van der Waals surface area contributed by atoms with Crippen molar-refractivity contribution in [2.75, 3.05) is 7.11 Å². The molecule has 2 amide bonds. The number of benzene rings is 2. The Labute approximate surface area is 151 Å². The SMILES string of the molecule is COc1ccccc1C(=O)c1ccccc1S(=O)(=O)NC(=O)NC1CC1. The second kappa shape index (κ2) is 7.17. The van der Waals surface area contributed by atoms with Crippen LogP contribution >= 0.6 is 0 Å². The quantitative estimate of drug-likeness (QED) is 0.754. The molecule has 2 aromatic carbocycles. The van der Waals surface area contributed by atoms with Crippen LogP contribution in [0, 0.1) is 0 Å². The molecule has 0 heterocycles. The van der Waals surface area contributed by atoms with E-state index in [0.717, 1.165) is 12.8 Å². The maximum absolute atomic E-state index is 12.9. The highest BCUT2D eigenvalue weighted by molar-refractivity contribution is 7.90. The van der Waals surface area contributed by atoms with Gasteiger partial charge in [0.05, 0.1) is 17.6 Å². The van der Waals surface area contributed by atoms with Gasteiger partial charge in [0, 0.05) is 11.6 Å². The monoisotopic (exact) mass is 374 g/mol. The van der Waals surface area contributed by atoms with Crippen molar-refractivity contribution in [1.29, 1.82) is 0 Å². The third kappa shape index (κ3) is 3.85. The topological polar surface area (TPSA) is 102 Å². The van der Waals surface area contributed by atoms with Crippen LogP contribution in [-0.2, 0) is 10.0 Å². The molecule has 8 heteroatoms. The minimum atomic E-state index is -4.20. The Hall–Kier alpha value is -2.87. The molecule has 1 aliphatic rings. The Morgan fingerprint density at radius 3 is 2.27 bits per heavy atom. The number of rotatable bonds is 6. The summed E-state index contributed by atoms with van der Waals surface area (Å²) in [4.78, 5) is 24.5. The molecule has 0 atom stereocenters. The summed E-state index contributed by atoms with van der Waals surface area (Å²) in [7, 11) is -2.78. The van der Waals surface area contributed by atoms with Crippen LogP contribution in [0.15, 0.2) is 53.4 Å². The van der Waals surface area contributed by atoms with Crippen LogP contribution in [0.4, 0.5) is 4.79 Å². The normalized spacial score (nSPS) is 13.7. The van der Waals surface area contributed by atoms with E-state index in [1.54, 1.807) is 30.3 Å². The molecule has 3 rings (SSSR count). The van der Waals surface area contributed by atoms with E-state index in [0.29, 0.717) is 5.75 Å². The van der Waals surface area contributed by atoms with E-state index in [1.165, 1.54) is 25.3 Å². The molecule has 7 nitrogen and oxygen atoms in total. The fraction of sp³-hybridized carbons (Fsp3) is 0.222. The summed E-state index contributed by atoms with van der Waals surface area (Å²) in [5, 5.41) is 2.54. The summed E-state index contributed by atoms with van der Waals surface area (Å²) in [6.45, 7) is 0. The molecule has 0 aromatic heterocycles. The summed E-state index contributed by atoms with van der Waals surface area (Å²) in [5.74, 6) is -0.171. The Balaban J connectivity index is 1.94. The van der Waals surface area contributed by atoms with Crippen molar-refractivity contribution in [2.24, 2.45) is 0 Å². The minimum absolute atomic E-state index is 0.00987. The van der Waals surface area contributed by atoms with Crippen LogP contribution in [-0.4, -0.2) is 33.4 Å². The molecule has 0 bridgehead atoms. The first kappa shape index (κ1) is 17.9. The van der Waals surface area contributed by atoms with Gasteiger partial charge in [-0.15, -0.1) is 0 Å². The standard InChI is InChI=1S/C18H18N2O5S/c1-25-15-8-4-2-6-13(15)17(21)14-7-3-5-9-16(14)26(23,24)20-18(22)19-12-10-11-12/h2-9,12H,10-11H2,1H3,(H2,19,20,22). The Morgan fingerprint density at radius 1 is 1.00 bits per heavy atom. The average Bonchev–Trinajstić information content (AvgIpc) is 3.44. The highest BCUT2D eigenvalue weighted by atomic mass is 32.2. The number of hydrogen-bond donors (Lipinski definition) is 2. The predicted octanol–water partition coefficient (Wildman–Crippen LogP) is 2.08. The van der Waals surface area contributed by atoms with E-state index in [9.17, 15) is 18.0 Å². The zero-order valence-corrected chi connectivity index (χ0v) is 14.9. The van der Waals surface area contributed by atoms with Gasteiger partial charge in [-0.1, -0.05) is 24.3 Å². The van der Waals surface area contributed by atoms with E-state index in [1.807, 2.05) is 4.72 Å². The maximum atomic E-state index is 12.9. The van der Waals surface area contributed by atoms with Gasteiger partial charge in [-0.25, -0.2) is 17.9 Å². The second-order valence-electron chi connectivity index (χ2n) is 5.88. The van der Waals surface area contributed by atoms with Crippen LogP contribution in [0.3, 0.4) is 0 Å². The highest BCUT2D eigenvalue weighted by Gasteiger charge is 2.28. The zero-order valence-electron chi connectivity index (χ0n) is 14.1. The molecule has 1 fully saturated rings. The number of urea groups is 1. The van der Waals surface area contributed by atoms with Gasteiger partial charge in [0.15, 0.2) is 5.78 Å². The molecular weight excluding hydrogens is 356 g/mol. The van der Waals surface area contributed by atoms with Gasteiger partial charge in [0.25, 0.3) is 10.0 Å². The lowest BCUT2D eigenvalue weighted by molar-refractivity contribution is 0.103. The second-order valence-corrected chi connectivity index (χ2v) is 7.53. The van der Waals surface area contributed by atoms with E-state index in [2.05, 4.69) is 5.32 Å². The van der Waals surface area contributed by atoms with Crippen molar-refractivity contribution in [2.45, 2.75) is 23.8 Å². The fourth-order valence-electron chi connectivity index (χ4n) is 2.49. The van der Waals surface area contributed by atoms with Crippen molar-refractivity contribution in [3.05, 3.63) is 59.7 Å². The van der Waals surface area contributed by atoms with Crippen LogP contribution in [0.25, 0.3) is 0 Å². The highest BCUT2D eigenvalue weighted by Crippen LogP contribution is 2.25. The predicted molar refractivity (Wildman–Crippen MR) is 94.7 cm³/mol. The Morgan fingerprint density at radius 2 is 1.62 bits per heavy atom. The fourth-order valence-corrected chi connectivity index (χ4v) is 3.61. The summed E-state index contributed by atoms with van der Waals surface area (Å²) in [6.07, 6.45) is 1.66. The molecule has 26 heavy (non-hydrogen) atoms. The van der Waals surface area contributed by atoms with E-state index >= 15 is 0 Å². The molecular formula is C18H18N2O5S. The molecule has 0 aliphatic heterocycles. The van der Waals surface area contributed by atoms with E-state index in [-0.39, 0.29) is 22.1 Å².